The fourth-order valence-corrected chi connectivity index (χ4v) is 3.20. The summed E-state index contributed by atoms with van der Waals surface area (Å²) >= 11 is 13.2. The van der Waals surface area contributed by atoms with Crippen molar-refractivity contribution in [1.82, 2.24) is 5.32 Å². The molecule has 1 amide bonds. The number of nitro groups is 1. The summed E-state index contributed by atoms with van der Waals surface area (Å²) in [6.07, 6.45) is 1.49. The number of hydrogen-bond acceptors (Lipinski definition) is 5. The highest BCUT2D eigenvalue weighted by molar-refractivity contribution is 8.18. The third kappa shape index (κ3) is 4.01. The smallest absolute Gasteiger partial charge is 0.270 e. The predicted molar refractivity (Wildman–Crippen MR) is 100 cm³/mol. The second-order valence-corrected chi connectivity index (χ2v) is 6.74. The number of benzene rings is 2. The summed E-state index contributed by atoms with van der Waals surface area (Å²) < 4.78 is 0. The van der Waals surface area contributed by atoms with Crippen molar-refractivity contribution < 1.29 is 9.72 Å². The van der Waals surface area contributed by atoms with Gasteiger partial charge < -0.3 is 5.32 Å². The number of halogens is 2. The molecule has 0 aliphatic carbocycles. The lowest BCUT2D eigenvalue weighted by Gasteiger charge is -1.99. The number of nitrogens with zero attached hydrogens (tertiary/aromatic N) is 2. The van der Waals surface area contributed by atoms with Crippen molar-refractivity contribution in [3.63, 3.8) is 0 Å². The molecule has 1 fully saturated rings. The first-order valence-corrected chi connectivity index (χ1v) is 8.49. The van der Waals surface area contributed by atoms with Crippen LogP contribution in [-0.2, 0) is 4.79 Å². The average Bonchev–Trinajstić information content (AvgIpc) is 2.91. The van der Waals surface area contributed by atoms with E-state index >= 15 is 0 Å². The van der Waals surface area contributed by atoms with E-state index in [9.17, 15) is 14.9 Å². The van der Waals surface area contributed by atoms with E-state index in [1.807, 2.05) is 0 Å². The van der Waals surface area contributed by atoms with Crippen molar-refractivity contribution >= 4 is 63.5 Å². The number of carbonyl (C=O) groups excluding carboxylic acids is 1. The molecule has 0 aromatic heterocycles. The average molecular weight is 394 g/mol. The largest absolute Gasteiger partial charge is 0.300 e. The highest BCUT2D eigenvalue weighted by Crippen LogP contribution is 2.32. The van der Waals surface area contributed by atoms with E-state index in [1.165, 1.54) is 24.3 Å². The molecule has 0 unspecified atom stereocenters. The molecule has 9 heteroatoms. The topological polar surface area (TPSA) is 84.6 Å². The number of thioether (sulfide) groups is 1. The molecule has 25 heavy (non-hydrogen) atoms. The van der Waals surface area contributed by atoms with Crippen LogP contribution in [0.1, 0.15) is 5.56 Å². The van der Waals surface area contributed by atoms with Crippen LogP contribution in [-0.4, -0.2) is 16.0 Å². The van der Waals surface area contributed by atoms with E-state index in [4.69, 9.17) is 23.2 Å². The van der Waals surface area contributed by atoms with Crippen LogP contribution in [0.3, 0.4) is 0 Å². The molecule has 3 rings (SSSR count). The molecule has 1 aliphatic heterocycles. The van der Waals surface area contributed by atoms with Crippen molar-refractivity contribution in [3.05, 3.63) is 73.1 Å². The van der Waals surface area contributed by atoms with Gasteiger partial charge in [0.2, 0.25) is 0 Å². The van der Waals surface area contributed by atoms with Crippen molar-refractivity contribution in [2.75, 3.05) is 0 Å². The lowest BCUT2D eigenvalue weighted by Crippen LogP contribution is -2.19. The summed E-state index contributed by atoms with van der Waals surface area (Å²) in [5, 5.41) is 14.6. The lowest BCUT2D eigenvalue weighted by atomic mass is 10.2. The molecular formula is C16H9Cl2N3O3S. The predicted octanol–water partition coefficient (Wildman–Crippen LogP) is 4.79. The first-order chi connectivity index (χ1) is 11.9. The molecule has 0 bridgehead atoms. The normalized spacial score (nSPS) is 17.1. The molecule has 2 aromatic rings. The van der Waals surface area contributed by atoms with Gasteiger partial charge in [-0.15, -0.1) is 0 Å². The van der Waals surface area contributed by atoms with Crippen LogP contribution in [0.5, 0.6) is 0 Å². The number of non-ortho nitro benzene ring substituents is 1. The zero-order chi connectivity index (χ0) is 18.0. The van der Waals surface area contributed by atoms with Crippen LogP contribution in [0.25, 0.3) is 6.08 Å². The quantitative estimate of drug-likeness (QED) is 0.461. The summed E-state index contributed by atoms with van der Waals surface area (Å²) in [5.74, 6) is -0.363. The minimum absolute atomic E-state index is 0.107. The first-order valence-electron chi connectivity index (χ1n) is 6.92. The van der Waals surface area contributed by atoms with Gasteiger partial charge in [-0.05, 0) is 36.0 Å². The monoisotopic (exact) mass is 393 g/mol. The van der Waals surface area contributed by atoms with Gasteiger partial charge in [0.25, 0.3) is 11.6 Å². The molecule has 1 heterocycles. The maximum Gasteiger partial charge on any atom is 0.270 e. The van der Waals surface area contributed by atoms with E-state index in [0.717, 1.165) is 11.8 Å². The van der Waals surface area contributed by atoms with Crippen LogP contribution >= 0.6 is 35.0 Å². The summed E-state index contributed by atoms with van der Waals surface area (Å²) in [6.45, 7) is 0. The Hall–Kier alpha value is -2.35. The summed E-state index contributed by atoms with van der Waals surface area (Å²) in [5.41, 5.74) is 0.804. The zero-order valence-corrected chi connectivity index (χ0v) is 14.7. The number of rotatable bonds is 3. The van der Waals surface area contributed by atoms with Gasteiger partial charge in [0.1, 0.15) is 0 Å². The zero-order valence-electron chi connectivity index (χ0n) is 12.4. The Morgan fingerprint density at radius 1 is 1.16 bits per heavy atom. The Balaban J connectivity index is 1.91. The number of aliphatic imine (C=N–C) groups is 1. The van der Waals surface area contributed by atoms with Crippen molar-refractivity contribution in [2.45, 2.75) is 0 Å². The van der Waals surface area contributed by atoms with Gasteiger partial charge in [-0.2, -0.15) is 0 Å². The highest BCUT2D eigenvalue weighted by atomic mass is 35.5. The van der Waals surface area contributed by atoms with Gasteiger partial charge in [0.15, 0.2) is 5.17 Å². The van der Waals surface area contributed by atoms with Gasteiger partial charge >= 0.3 is 0 Å². The number of hydrogen-bond donors (Lipinski definition) is 1. The molecule has 0 atom stereocenters. The Morgan fingerprint density at radius 3 is 2.64 bits per heavy atom. The second kappa shape index (κ2) is 7.26. The molecule has 126 valence electrons. The van der Waals surface area contributed by atoms with Gasteiger partial charge in [-0.1, -0.05) is 35.3 Å². The Labute approximate surface area is 156 Å². The Bertz CT molecular complexity index is 944. The number of carbonyl (C=O) groups is 1. The van der Waals surface area contributed by atoms with E-state index in [-0.39, 0.29) is 11.6 Å². The fraction of sp³-hybridized carbons (Fsp3) is 0. The van der Waals surface area contributed by atoms with Crippen molar-refractivity contribution in [2.24, 2.45) is 4.99 Å². The number of amidine groups is 1. The van der Waals surface area contributed by atoms with Crippen molar-refractivity contribution in [1.29, 1.82) is 0 Å². The minimum atomic E-state index is -0.523. The fourth-order valence-electron chi connectivity index (χ4n) is 2.03. The summed E-state index contributed by atoms with van der Waals surface area (Å²) in [4.78, 5) is 27.1. The first kappa shape index (κ1) is 17.5. The third-order valence-electron chi connectivity index (χ3n) is 3.20. The number of amides is 1. The summed E-state index contributed by atoms with van der Waals surface area (Å²) in [6, 6.07) is 11.0. The van der Waals surface area contributed by atoms with Crippen LogP contribution in [0.4, 0.5) is 11.4 Å². The maximum absolute atomic E-state index is 12.1. The molecular weight excluding hydrogens is 385 g/mol. The van der Waals surface area contributed by atoms with Crippen LogP contribution in [0.15, 0.2) is 52.4 Å². The minimum Gasteiger partial charge on any atom is -0.300 e. The molecule has 0 spiro atoms. The van der Waals surface area contributed by atoms with Crippen molar-refractivity contribution in [3.8, 4) is 0 Å². The van der Waals surface area contributed by atoms with Gasteiger partial charge in [0.05, 0.1) is 20.5 Å². The maximum atomic E-state index is 12.1. The van der Waals surface area contributed by atoms with Gasteiger partial charge in [0, 0.05) is 22.7 Å². The number of para-hydroxylation sites is 1. The van der Waals surface area contributed by atoms with Gasteiger partial charge in [-0.25, -0.2) is 4.99 Å². The Kier molecular flexibility index (Phi) is 5.08. The van der Waals surface area contributed by atoms with E-state index in [1.54, 1.807) is 24.3 Å². The SMILES string of the molecule is O=C1N/C(=N/c2ccccc2Cl)S/C1=C/c1cc([N+](=O)[O-])ccc1Cl. The van der Waals surface area contributed by atoms with E-state index in [0.29, 0.717) is 31.4 Å². The number of nitrogens with one attached hydrogen (secondary N) is 1. The molecule has 1 aliphatic rings. The van der Waals surface area contributed by atoms with Crippen LogP contribution in [0.2, 0.25) is 10.0 Å². The van der Waals surface area contributed by atoms with Crippen LogP contribution in [0, 0.1) is 10.1 Å². The molecule has 1 N–H and O–H groups in total. The summed E-state index contributed by atoms with van der Waals surface area (Å²) in [7, 11) is 0. The van der Waals surface area contributed by atoms with Gasteiger partial charge in [-0.3, -0.25) is 14.9 Å². The molecule has 6 nitrogen and oxygen atoms in total. The third-order valence-corrected chi connectivity index (χ3v) is 4.78. The standard InChI is InChI=1S/C16H9Cl2N3O3S/c17-11-6-5-10(21(23)24)7-9(11)8-14-15(22)20-16(25-14)19-13-4-2-1-3-12(13)18/h1-8H,(H,19,20,22)/b14-8+. The second-order valence-electron chi connectivity index (χ2n) is 4.90. The lowest BCUT2D eigenvalue weighted by molar-refractivity contribution is -0.384. The highest BCUT2D eigenvalue weighted by Gasteiger charge is 2.24. The Morgan fingerprint density at radius 2 is 1.92 bits per heavy atom. The number of nitro benzene ring substituents is 1. The van der Waals surface area contributed by atoms with Crippen LogP contribution < -0.4 is 5.32 Å². The molecule has 1 saturated heterocycles. The molecule has 0 saturated carbocycles. The molecule has 2 aromatic carbocycles. The van der Waals surface area contributed by atoms with E-state index < -0.39 is 4.92 Å². The molecule has 0 radical (unpaired) electrons. The van der Waals surface area contributed by atoms with E-state index in [2.05, 4.69) is 10.3 Å².